The minimum absolute atomic E-state index is 0.649. The number of hydrogen-bond acceptors (Lipinski definition) is 3. The number of aromatic nitrogens is 1. The highest BCUT2D eigenvalue weighted by Gasteiger charge is 2.21. The summed E-state index contributed by atoms with van der Waals surface area (Å²) >= 11 is 0. The Kier molecular flexibility index (Phi) is 4.17. The molecule has 0 spiro atoms. The lowest BCUT2D eigenvalue weighted by Gasteiger charge is -2.37. The van der Waals surface area contributed by atoms with E-state index in [0.717, 1.165) is 13.1 Å². The van der Waals surface area contributed by atoms with E-state index in [4.69, 9.17) is 0 Å². The van der Waals surface area contributed by atoms with Gasteiger partial charge in [0.2, 0.25) is 0 Å². The molecule has 0 amide bonds. The van der Waals surface area contributed by atoms with Crippen LogP contribution in [0.4, 0.5) is 5.69 Å². The van der Waals surface area contributed by atoms with Crippen molar-refractivity contribution >= 4 is 5.69 Å². The number of nitrogens with one attached hydrogen (secondary N) is 1. The van der Waals surface area contributed by atoms with Crippen molar-refractivity contribution in [2.75, 3.05) is 24.5 Å². The summed E-state index contributed by atoms with van der Waals surface area (Å²) in [5.74, 6) is 0. The standard InChI is InChI=1S/C13H21N3/c1-2-14-11-13-5-3-4-10-16(13)12-6-8-15-9-7-12/h6-9,13-14H,2-5,10-11H2,1H3. The van der Waals surface area contributed by atoms with Crippen LogP contribution in [0.15, 0.2) is 24.5 Å². The first-order chi connectivity index (χ1) is 7.92. The zero-order chi connectivity index (χ0) is 11.2. The van der Waals surface area contributed by atoms with Gasteiger partial charge in [-0.15, -0.1) is 0 Å². The SMILES string of the molecule is CCNCC1CCCCN1c1ccncc1. The molecule has 1 aromatic rings. The second kappa shape index (κ2) is 5.85. The fourth-order valence-corrected chi connectivity index (χ4v) is 2.40. The van der Waals surface area contributed by atoms with Crippen LogP contribution in [-0.2, 0) is 0 Å². The number of piperidine rings is 1. The predicted molar refractivity (Wildman–Crippen MR) is 67.8 cm³/mol. The Hall–Kier alpha value is -1.09. The Bertz CT molecular complexity index is 299. The number of pyridine rings is 1. The maximum atomic E-state index is 4.09. The average Bonchev–Trinajstić information content (AvgIpc) is 2.38. The fourth-order valence-electron chi connectivity index (χ4n) is 2.40. The monoisotopic (exact) mass is 219 g/mol. The van der Waals surface area contributed by atoms with Gasteiger partial charge in [-0.1, -0.05) is 6.92 Å². The Morgan fingerprint density at radius 3 is 2.94 bits per heavy atom. The molecule has 1 saturated heterocycles. The van der Waals surface area contributed by atoms with E-state index in [2.05, 4.69) is 34.3 Å². The largest absolute Gasteiger partial charge is 0.367 e. The molecule has 2 rings (SSSR count). The predicted octanol–water partition coefficient (Wildman–Crippen LogP) is 2.05. The summed E-state index contributed by atoms with van der Waals surface area (Å²) in [5.41, 5.74) is 1.32. The van der Waals surface area contributed by atoms with Gasteiger partial charge in [0.1, 0.15) is 0 Å². The molecule has 0 aromatic carbocycles. The van der Waals surface area contributed by atoms with E-state index < -0.39 is 0 Å². The third-order valence-electron chi connectivity index (χ3n) is 3.25. The number of rotatable bonds is 4. The van der Waals surface area contributed by atoms with E-state index in [0.29, 0.717) is 6.04 Å². The smallest absolute Gasteiger partial charge is 0.0414 e. The van der Waals surface area contributed by atoms with Crippen LogP contribution in [0.3, 0.4) is 0 Å². The molecule has 2 heterocycles. The van der Waals surface area contributed by atoms with E-state index in [9.17, 15) is 0 Å². The third kappa shape index (κ3) is 2.73. The topological polar surface area (TPSA) is 28.2 Å². The molecule has 16 heavy (non-hydrogen) atoms. The van der Waals surface area contributed by atoms with Crippen LogP contribution in [0, 0.1) is 0 Å². The molecule has 3 heteroatoms. The van der Waals surface area contributed by atoms with E-state index in [1.54, 1.807) is 0 Å². The molecule has 0 radical (unpaired) electrons. The van der Waals surface area contributed by atoms with Gasteiger partial charge in [0, 0.05) is 37.2 Å². The number of anilines is 1. The lowest BCUT2D eigenvalue weighted by Crippen LogP contribution is -2.45. The van der Waals surface area contributed by atoms with Gasteiger partial charge < -0.3 is 10.2 Å². The number of hydrogen-bond donors (Lipinski definition) is 1. The fraction of sp³-hybridized carbons (Fsp3) is 0.615. The first-order valence-electron chi connectivity index (χ1n) is 6.29. The summed E-state index contributed by atoms with van der Waals surface area (Å²) < 4.78 is 0. The number of nitrogens with zero attached hydrogens (tertiary/aromatic N) is 2. The van der Waals surface area contributed by atoms with Gasteiger partial charge in [0.15, 0.2) is 0 Å². The molecule has 1 fully saturated rings. The second-order valence-corrected chi connectivity index (χ2v) is 4.36. The zero-order valence-corrected chi connectivity index (χ0v) is 10.0. The quantitative estimate of drug-likeness (QED) is 0.840. The summed E-state index contributed by atoms with van der Waals surface area (Å²) in [5, 5.41) is 3.46. The Morgan fingerprint density at radius 2 is 2.19 bits per heavy atom. The van der Waals surface area contributed by atoms with E-state index in [1.807, 2.05) is 12.4 Å². The normalized spacial score (nSPS) is 21.1. The van der Waals surface area contributed by atoms with Crippen LogP contribution in [-0.4, -0.2) is 30.7 Å². The van der Waals surface area contributed by atoms with Crippen molar-refractivity contribution in [3.63, 3.8) is 0 Å². The first-order valence-corrected chi connectivity index (χ1v) is 6.29. The molecule has 1 aromatic heterocycles. The minimum atomic E-state index is 0.649. The molecule has 1 atom stereocenters. The Balaban J connectivity index is 2.04. The Morgan fingerprint density at radius 1 is 1.38 bits per heavy atom. The lowest BCUT2D eigenvalue weighted by atomic mass is 10.0. The summed E-state index contributed by atoms with van der Waals surface area (Å²) in [6.07, 6.45) is 7.74. The molecule has 1 aliphatic rings. The number of likely N-dealkylation sites (N-methyl/N-ethyl adjacent to an activating group) is 1. The molecule has 0 bridgehead atoms. The van der Waals surface area contributed by atoms with Crippen molar-refractivity contribution in [1.29, 1.82) is 0 Å². The van der Waals surface area contributed by atoms with Crippen molar-refractivity contribution in [2.45, 2.75) is 32.2 Å². The highest BCUT2D eigenvalue weighted by atomic mass is 15.2. The maximum absolute atomic E-state index is 4.09. The summed E-state index contributed by atoms with van der Waals surface area (Å²) in [6.45, 7) is 5.50. The van der Waals surface area contributed by atoms with Gasteiger partial charge in [-0.2, -0.15) is 0 Å². The third-order valence-corrected chi connectivity index (χ3v) is 3.25. The van der Waals surface area contributed by atoms with Crippen molar-refractivity contribution in [2.24, 2.45) is 0 Å². The summed E-state index contributed by atoms with van der Waals surface area (Å²) in [4.78, 5) is 6.61. The molecule has 1 aliphatic heterocycles. The van der Waals surface area contributed by atoms with Crippen LogP contribution >= 0.6 is 0 Å². The van der Waals surface area contributed by atoms with E-state index >= 15 is 0 Å². The van der Waals surface area contributed by atoms with Gasteiger partial charge in [0.25, 0.3) is 0 Å². The second-order valence-electron chi connectivity index (χ2n) is 4.36. The Labute approximate surface area is 97.9 Å². The molecule has 1 N–H and O–H groups in total. The van der Waals surface area contributed by atoms with Gasteiger partial charge in [-0.3, -0.25) is 4.98 Å². The van der Waals surface area contributed by atoms with Crippen LogP contribution in [0.5, 0.6) is 0 Å². The molecule has 3 nitrogen and oxygen atoms in total. The van der Waals surface area contributed by atoms with Crippen LogP contribution in [0.2, 0.25) is 0 Å². The van der Waals surface area contributed by atoms with Crippen LogP contribution in [0.1, 0.15) is 26.2 Å². The molecular weight excluding hydrogens is 198 g/mol. The van der Waals surface area contributed by atoms with Gasteiger partial charge in [0.05, 0.1) is 0 Å². The van der Waals surface area contributed by atoms with E-state index in [-0.39, 0.29) is 0 Å². The summed E-state index contributed by atoms with van der Waals surface area (Å²) in [6, 6.07) is 4.88. The molecule has 0 aliphatic carbocycles. The molecule has 0 saturated carbocycles. The molecule has 88 valence electrons. The van der Waals surface area contributed by atoms with Crippen LogP contribution in [0.25, 0.3) is 0 Å². The van der Waals surface area contributed by atoms with Crippen molar-refractivity contribution in [3.05, 3.63) is 24.5 Å². The first kappa shape index (κ1) is 11.4. The van der Waals surface area contributed by atoms with Crippen molar-refractivity contribution in [3.8, 4) is 0 Å². The highest BCUT2D eigenvalue weighted by Crippen LogP contribution is 2.23. The van der Waals surface area contributed by atoms with Crippen molar-refractivity contribution < 1.29 is 0 Å². The maximum Gasteiger partial charge on any atom is 0.0414 e. The van der Waals surface area contributed by atoms with Gasteiger partial charge in [-0.05, 0) is 37.9 Å². The highest BCUT2D eigenvalue weighted by molar-refractivity contribution is 5.46. The van der Waals surface area contributed by atoms with Crippen molar-refractivity contribution in [1.82, 2.24) is 10.3 Å². The van der Waals surface area contributed by atoms with Gasteiger partial charge in [-0.25, -0.2) is 0 Å². The van der Waals surface area contributed by atoms with Crippen LogP contribution < -0.4 is 10.2 Å². The molecular formula is C13H21N3. The minimum Gasteiger partial charge on any atom is -0.367 e. The van der Waals surface area contributed by atoms with E-state index in [1.165, 1.54) is 31.5 Å². The average molecular weight is 219 g/mol. The lowest BCUT2D eigenvalue weighted by molar-refractivity contribution is 0.439. The van der Waals surface area contributed by atoms with Gasteiger partial charge >= 0.3 is 0 Å². The molecule has 1 unspecified atom stereocenters. The summed E-state index contributed by atoms with van der Waals surface area (Å²) in [7, 11) is 0. The zero-order valence-electron chi connectivity index (χ0n) is 10.0.